The number of rotatable bonds is 1. The molecule has 1 aromatic heterocycles. The molecule has 0 aromatic carbocycles. The van der Waals surface area contributed by atoms with Crippen LogP contribution in [0.3, 0.4) is 0 Å². The zero-order valence-electron chi connectivity index (χ0n) is 9.15. The molecule has 0 N–H and O–H groups in total. The van der Waals surface area contributed by atoms with Gasteiger partial charge in [-0.25, -0.2) is 9.59 Å². The van der Waals surface area contributed by atoms with E-state index in [1.54, 1.807) is 12.1 Å². The molecule has 0 aliphatic carbocycles. The quantitative estimate of drug-likeness (QED) is 0.448. The molecule has 0 atom stereocenters. The maximum absolute atomic E-state index is 11.6. The number of esters is 2. The minimum absolute atomic E-state index is 0.122. The number of ether oxygens (including phenoxy) is 2. The van der Waals surface area contributed by atoms with Crippen molar-refractivity contribution in [3.63, 3.8) is 0 Å². The largest absolute Gasteiger partial charge is 0.419 e. The van der Waals surface area contributed by atoms with Crippen molar-refractivity contribution in [2.45, 2.75) is 19.6 Å². The molecular weight excluding hydrogens is 264 g/mol. The maximum Gasteiger partial charge on any atom is 0.348 e. The maximum atomic E-state index is 11.6. The molecule has 0 spiro atoms. The molecule has 2 heterocycles. The topological polar surface area (TPSA) is 52.6 Å². The van der Waals surface area contributed by atoms with E-state index < -0.39 is 17.7 Å². The summed E-state index contributed by atoms with van der Waals surface area (Å²) in [5, 5.41) is 0. The van der Waals surface area contributed by atoms with Crippen LogP contribution < -0.4 is 0 Å². The molecule has 1 aromatic rings. The number of hydrogen-bond acceptors (Lipinski definition) is 5. The Morgan fingerprint density at radius 1 is 1.24 bits per heavy atom. The van der Waals surface area contributed by atoms with Crippen molar-refractivity contribution in [1.82, 2.24) is 0 Å². The van der Waals surface area contributed by atoms with Crippen LogP contribution in [0.5, 0.6) is 0 Å². The molecule has 6 heteroatoms. The van der Waals surface area contributed by atoms with Crippen molar-refractivity contribution in [3.05, 3.63) is 26.9 Å². The van der Waals surface area contributed by atoms with Crippen molar-refractivity contribution in [2.24, 2.45) is 0 Å². The van der Waals surface area contributed by atoms with Crippen molar-refractivity contribution in [2.75, 3.05) is 0 Å². The van der Waals surface area contributed by atoms with E-state index in [0.29, 0.717) is 9.21 Å². The summed E-state index contributed by atoms with van der Waals surface area (Å²) in [6.07, 6.45) is 1.41. The van der Waals surface area contributed by atoms with E-state index in [9.17, 15) is 9.59 Å². The molecule has 0 bridgehead atoms. The van der Waals surface area contributed by atoms with Gasteiger partial charge in [-0.05, 0) is 18.2 Å². The molecule has 17 heavy (non-hydrogen) atoms. The van der Waals surface area contributed by atoms with E-state index in [1.807, 2.05) is 0 Å². The number of halogens is 1. The summed E-state index contributed by atoms with van der Waals surface area (Å²) in [5.74, 6) is -2.58. The van der Waals surface area contributed by atoms with Gasteiger partial charge in [-0.1, -0.05) is 11.6 Å². The van der Waals surface area contributed by atoms with E-state index in [-0.39, 0.29) is 5.57 Å². The molecule has 4 nitrogen and oxygen atoms in total. The fraction of sp³-hybridized carbons (Fsp3) is 0.273. The Bertz CT molecular complexity index is 493. The summed E-state index contributed by atoms with van der Waals surface area (Å²) >= 11 is 7.01. The molecule has 1 aliphatic heterocycles. The summed E-state index contributed by atoms with van der Waals surface area (Å²) in [7, 11) is 0. The van der Waals surface area contributed by atoms with Gasteiger partial charge in [0, 0.05) is 18.7 Å². The van der Waals surface area contributed by atoms with Gasteiger partial charge < -0.3 is 9.47 Å². The highest BCUT2D eigenvalue weighted by Gasteiger charge is 2.38. The first kappa shape index (κ1) is 12.1. The minimum atomic E-state index is -1.21. The van der Waals surface area contributed by atoms with E-state index in [1.165, 1.54) is 31.3 Å². The number of thiophene rings is 1. The van der Waals surface area contributed by atoms with Gasteiger partial charge in [-0.3, -0.25) is 0 Å². The first-order valence-corrected chi connectivity index (χ1v) is 6.00. The summed E-state index contributed by atoms with van der Waals surface area (Å²) in [5.41, 5.74) is -0.122. The lowest BCUT2D eigenvalue weighted by Crippen LogP contribution is -2.41. The molecule has 0 radical (unpaired) electrons. The summed E-state index contributed by atoms with van der Waals surface area (Å²) < 4.78 is 10.5. The van der Waals surface area contributed by atoms with Crippen LogP contribution in [-0.4, -0.2) is 17.7 Å². The Morgan fingerprint density at radius 2 is 1.82 bits per heavy atom. The molecule has 1 saturated heterocycles. The smallest absolute Gasteiger partial charge is 0.348 e. The standard InChI is InChI=1S/C11H9ClO4S/c1-11(2)15-9(13)7(10(14)16-11)5-6-3-4-8(12)17-6/h3-5H,1-2H3. The van der Waals surface area contributed by atoms with Crippen molar-refractivity contribution in [3.8, 4) is 0 Å². The Morgan fingerprint density at radius 3 is 2.29 bits per heavy atom. The van der Waals surface area contributed by atoms with Crippen LogP contribution in [0.25, 0.3) is 6.08 Å². The molecule has 0 unspecified atom stereocenters. The molecule has 1 aliphatic rings. The van der Waals surface area contributed by atoms with Crippen molar-refractivity contribution in [1.29, 1.82) is 0 Å². The molecule has 1 fully saturated rings. The average molecular weight is 273 g/mol. The molecular formula is C11H9ClO4S. The van der Waals surface area contributed by atoms with Crippen molar-refractivity contribution >= 4 is 41.0 Å². The van der Waals surface area contributed by atoms with Gasteiger partial charge in [0.25, 0.3) is 5.79 Å². The third-order valence-corrected chi connectivity index (χ3v) is 3.18. The van der Waals surface area contributed by atoms with Gasteiger partial charge in [0.2, 0.25) is 0 Å². The lowest BCUT2D eigenvalue weighted by atomic mass is 10.2. The van der Waals surface area contributed by atoms with E-state index >= 15 is 0 Å². The molecule has 2 rings (SSSR count). The van der Waals surface area contributed by atoms with Crippen LogP contribution in [0.4, 0.5) is 0 Å². The Labute approximate surface area is 107 Å². The van der Waals surface area contributed by atoms with Crippen LogP contribution in [0.1, 0.15) is 18.7 Å². The Hall–Kier alpha value is -1.33. The van der Waals surface area contributed by atoms with Crippen LogP contribution in [-0.2, 0) is 19.1 Å². The summed E-state index contributed by atoms with van der Waals surface area (Å²) in [6, 6.07) is 3.39. The van der Waals surface area contributed by atoms with Crippen LogP contribution >= 0.6 is 22.9 Å². The zero-order chi connectivity index (χ0) is 12.6. The highest BCUT2D eigenvalue weighted by molar-refractivity contribution is 7.17. The first-order valence-electron chi connectivity index (χ1n) is 4.81. The van der Waals surface area contributed by atoms with Gasteiger partial charge in [0.05, 0.1) is 4.34 Å². The van der Waals surface area contributed by atoms with E-state index in [0.717, 1.165) is 0 Å². The summed E-state index contributed by atoms with van der Waals surface area (Å²) in [4.78, 5) is 23.9. The van der Waals surface area contributed by atoms with Crippen molar-refractivity contribution < 1.29 is 19.1 Å². The van der Waals surface area contributed by atoms with Gasteiger partial charge >= 0.3 is 11.9 Å². The number of hydrogen-bond donors (Lipinski definition) is 0. The number of cyclic esters (lactones) is 2. The van der Waals surface area contributed by atoms with Gasteiger partial charge in [-0.2, -0.15) is 0 Å². The highest BCUT2D eigenvalue weighted by atomic mass is 35.5. The first-order chi connectivity index (χ1) is 7.87. The van der Waals surface area contributed by atoms with Crippen LogP contribution in [0, 0.1) is 0 Å². The molecule has 0 amide bonds. The lowest BCUT2D eigenvalue weighted by Gasteiger charge is -2.29. The number of carbonyl (C=O) groups excluding carboxylic acids is 2. The predicted molar refractivity (Wildman–Crippen MR) is 63.6 cm³/mol. The third-order valence-electron chi connectivity index (χ3n) is 2.00. The number of carbonyl (C=O) groups is 2. The Balaban J connectivity index is 2.30. The molecule has 0 saturated carbocycles. The SMILES string of the molecule is CC1(C)OC(=O)C(=Cc2ccc(Cl)s2)C(=O)O1. The second kappa shape index (κ2) is 4.16. The molecule has 90 valence electrons. The zero-order valence-corrected chi connectivity index (χ0v) is 10.7. The highest BCUT2D eigenvalue weighted by Crippen LogP contribution is 2.27. The monoisotopic (exact) mass is 272 g/mol. The second-order valence-electron chi connectivity index (χ2n) is 3.88. The summed E-state index contributed by atoms with van der Waals surface area (Å²) in [6.45, 7) is 3.00. The lowest BCUT2D eigenvalue weighted by molar-refractivity contribution is -0.222. The average Bonchev–Trinajstić information content (AvgIpc) is 2.56. The van der Waals surface area contributed by atoms with Gasteiger partial charge in [-0.15, -0.1) is 11.3 Å². The fourth-order valence-electron chi connectivity index (χ4n) is 1.33. The normalized spacial score (nSPS) is 18.6. The van der Waals surface area contributed by atoms with Gasteiger partial charge in [0.1, 0.15) is 5.57 Å². The fourth-order valence-corrected chi connectivity index (χ4v) is 2.33. The van der Waals surface area contributed by atoms with Crippen LogP contribution in [0.15, 0.2) is 17.7 Å². The van der Waals surface area contributed by atoms with Gasteiger partial charge in [0.15, 0.2) is 0 Å². The minimum Gasteiger partial charge on any atom is -0.419 e. The predicted octanol–water partition coefficient (Wildman–Crippen LogP) is 2.62. The third kappa shape index (κ3) is 2.68. The Kier molecular flexibility index (Phi) is 2.97. The van der Waals surface area contributed by atoms with Crippen LogP contribution in [0.2, 0.25) is 4.34 Å². The van der Waals surface area contributed by atoms with E-state index in [4.69, 9.17) is 21.1 Å². The second-order valence-corrected chi connectivity index (χ2v) is 5.63. The van der Waals surface area contributed by atoms with E-state index in [2.05, 4.69) is 0 Å².